The maximum absolute atomic E-state index is 13.2. The molecule has 2 aliphatic heterocycles. The molecule has 1 amide bonds. The smallest absolute Gasteiger partial charge is 0.341 e. The molecule has 2 aromatic rings. The molecule has 0 unspecified atom stereocenters. The number of amides is 1. The average molecular weight is 550 g/mol. The number of nitrogens with one attached hydrogen (secondary N) is 2. The van der Waals surface area contributed by atoms with Crippen LogP contribution >= 0.6 is 11.3 Å². The molecule has 0 saturated carbocycles. The molecule has 9 nitrogen and oxygen atoms in total. The summed E-state index contributed by atoms with van der Waals surface area (Å²) in [4.78, 5) is 27.1. The summed E-state index contributed by atoms with van der Waals surface area (Å²) in [5, 5.41) is 6.89. The summed E-state index contributed by atoms with van der Waals surface area (Å²) in [6, 6.07) is 5.83. The van der Waals surface area contributed by atoms with Crippen LogP contribution in [0.25, 0.3) is 0 Å². The predicted octanol–water partition coefficient (Wildman–Crippen LogP) is 3.74. The van der Waals surface area contributed by atoms with Crippen molar-refractivity contribution < 1.29 is 27.5 Å². The number of anilines is 1. The van der Waals surface area contributed by atoms with Gasteiger partial charge < -0.3 is 20.1 Å². The molecule has 0 spiro atoms. The number of rotatable bonds is 5. The highest BCUT2D eigenvalue weighted by Crippen LogP contribution is 2.45. The maximum atomic E-state index is 13.2. The quantitative estimate of drug-likeness (QED) is 0.546. The van der Waals surface area contributed by atoms with Gasteiger partial charge >= 0.3 is 5.97 Å². The third kappa shape index (κ3) is 5.46. The number of hydrogen-bond donors (Lipinski definition) is 2. The molecule has 2 atom stereocenters. The van der Waals surface area contributed by atoms with Crippen molar-refractivity contribution in [2.24, 2.45) is 0 Å². The van der Waals surface area contributed by atoms with Crippen LogP contribution < -0.4 is 10.6 Å². The van der Waals surface area contributed by atoms with Crippen molar-refractivity contribution in [1.82, 2.24) is 9.62 Å². The topological polar surface area (TPSA) is 114 Å². The van der Waals surface area contributed by atoms with E-state index in [1.807, 2.05) is 27.7 Å². The van der Waals surface area contributed by atoms with Crippen LogP contribution in [0.15, 0.2) is 29.2 Å². The number of morpholine rings is 1. The number of ether oxygens (including phenoxy) is 2. The Morgan fingerprint density at radius 1 is 1.11 bits per heavy atom. The molecule has 2 aliphatic rings. The molecule has 1 fully saturated rings. The van der Waals surface area contributed by atoms with Gasteiger partial charge in [-0.15, -0.1) is 11.3 Å². The highest BCUT2D eigenvalue weighted by Gasteiger charge is 2.42. The van der Waals surface area contributed by atoms with Crippen LogP contribution in [0.1, 0.15) is 72.7 Å². The summed E-state index contributed by atoms with van der Waals surface area (Å²) in [6.07, 6.45) is 0.207. The second-order valence-corrected chi connectivity index (χ2v) is 13.9. The second-order valence-electron chi connectivity index (χ2n) is 11.0. The Labute approximate surface area is 222 Å². The van der Waals surface area contributed by atoms with Crippen molar-refractivity contribution in [3.05, 3.63) is 45.8 Å². The van der Waals surface area contributed by atoms with Crippen LogP contribution in [-0.4, -0.2) is 62.5 Å². The van der Waals surface area contributed by atoms with Gasteiger partial charge in [-0.25, -0.2) is 13.2 Å². The molecule has 1 aromatic heterocycles. The van der Waals surface area contributed by atoms with Gasteiger partial charge in [0, 0.05) is 34.6 Å². The highest BCUT2D eigenvalue weighted by molar-refractivity contribution is 7.89. The highest BCUT2D eigenvalue weighted by atomic mass is 32.2. The molecule has 202 valence electrons. The van der Waals surface area contributed by atoms with Gasteiger partial charge in [0.15, 0.2) is 0 Å². The molecule has 4 rings (SSSR count). The lowest BCUT2D eigenvalue weighted by Gasteiger charge is -2.42. The van der Waals surface area contributed by atoms with E-state index in [0.29, 0.717) is 17.0 Å². The van der Waals surface area contributed by atoms with Crippen LogP contribution in [-0.2, 0) is 31.5 Å². The van der Waals surface area contributed by atoms with Gasteiger partial charge in [-0.2, -0.15) is 4.31 Å². The van der Waals surface area contributed by atoms with Crippen molar-refractivity contribution in [3.63, 3.8) is 0 Å². The Morgan fingerprint density at radius 2 is 1.70 bits per heavy atom. The lowest BCUT2D eigenvalue weighted by atomic mass is 9.81. The summed E-state index contributed by atoms with van der Waals surface area (Å²) in [5.41, 5.74) is 0.865. The van der Waals surface area contributed by atoms with E-state index < -0.39 is 27.4 Å². The maximum Gasteiger partial charge on any atom is 0.341 e. The molecule has 2 N–H and O–H groups in total. The van der Waals surface area contributed by atoms with Gasteiger partial charge in [-0.1, -0.05) is 0 Å². The molecule has 1 aromatic carbocycles. The number of fused-ring (bicyclic) bond motifs is 1. The Morgan fingerprint density at radius 3 is 2.27 bits per heavy atom. The van der Waals surface area contributed by atoms with E-state index >= 15 is 0 Å². The summed E-state index contributed by atoms with van der Waals surface area (Å²) < 4.78 is 38.4. The lowest BCUT2D eigenvalue weighted by molar-refractivity contribution is -0.0440. The van der Waals surface area contributed by atoms with Gasteiger partial charge in [0.05, 0.1) is 29.8 Å². The average Bonchev–Trinajstić information content (AvgIpc) is 3.15. The van der Waals surface area contributed by atoms with E-state index in [0.717, 1.165) is 10.4 Å². The fourth-order valence-corrected chi connectivity index (χ4v) is 8.21. The lowest BCUT2D eigenvalue weighted by Crippen LogP contribution is -2.55. The van der Waals surface area contributed by atoms with Gasteiger partial charge in [0.1, 0.15) is 5.00 Å². The summed E-state index contributed by atoms with van der Waals surface area (Å²) in [6.45, 7) is 12.5. The van der Waals surface area contributed by atoms with E-state index in [4.69, 9.17) is 9.47 Å². The molecule has 11 heteroatoms. The number of carbonyl (C=O) groups is 2. The van der Waals surface area contributed by atoms with Crippen molar-refractivity contribution in [2.75, 3.05) is 25.5 Å². The molecular weight excluding hydrogens is 514 g/mol. The van der Waals surface area contributed by atoms with Crippen LogP contribution in [0.3, 0.4) is 0 Å². The molecular formula is C26H35N3O6S2. The van der Waals surface area contributed by atoms with Gasteiger partial charge in [0.25, 0.3) is 5.91 Å². The van der Waals surface area contributed by atoms with Gasteiger partial charge in [0.2, 0.25) is 10.0 Å². The van der Waals surface area contributed by atoms with Gasteiger partial charge in [-0.05, 0) is 77.8 Å². The standard InChI is InChI=1S/C26H35N3O6S2/c1-15-13-29(14-16(2)35-15)37(32,33)18-10-8-17(9-11-18)22(30)27-23-20(24(31)34-7)19-12-25(3,4)28-26(5,6)21(19)36-23/h8-11,15-16,28H,12-14H2,1-7H3,(H,27,30)/t15-,16+. The number of esters is 1. The number of sulfonamides is 1. The summed E-state index contributed by atoms with van der Waals surface area (Å²) in [7, 11) is -2.40. The minimum atomic E-state index is -3.72. The zero-order chi connectivity index (χ0) is 27.3. The van der Waals surface area contributed by atoms with Crippen LogP contribution in [0.5, 0.6) is 0 Å². The number of benzene rings is 1. The first kappa shape index (κ1) is 27.7. The molecule has 0 aliphatic carbocycles. The van der Waals surface area contributed by atoms with Crippen molar-refractivity contribution in [3.8, 4) is 0 Å². The predicted molar refractivity (Wildman–Crippen MR) is 143 cm³/mol. The van der Waals surface area contributed by atoms with Gasteiger partial charge in [-0.3, -0.25) is 4.79 Å². The van der Waals surface area contributed by atoms with E-state index in [2.05, 4.69) is 24.5 Å². The first-order valence-electron chi connectivity index (χ1n) is 12.3. The Hall–Kier alpha value is -2.31. The minimum Gasteiger partial charge on any atom is -0.465 e. The number of thiophene rings is 1. The van der Waals surface area contributed by atoms with Crippen molar-refractivity contribution in [2.45, 2.75) is 76.1 Å². The van der Waals surface area contributed by atoms with E-state index in [1.54, 1.807) is 0 Å². The van der Waals surface area contributed by atoms with Crippen molar-refractivity contribution in [1.29, 1.82) is 0 Å². The molecule has 0 radical (unpaired) electrons. The molecule has 1 saturated heterocycles. The van der Waals surface area contributed by atoms with E-state index in [1.165, 1.54) is 47.0 Å². The van der Waals surface area contributed by atoms with Crippen LogP contribution in [0.2, 0.25) is 0 Å². The third-order valence-electron chi connectivity index (χ3n) is 6.60. The fourth-order valence-electron chi connectivity index (χ4n) is 5.36. The first-order chi connectivity index (χ1) is 17.1. The van der Waals surface area contributed by atoms with E-state index in [-0.39, 0.29) is 41.3 Å². The minimum absolute atomic E-state index is 0.113. The largest absolute Gasteiger partial charge is 0.465 e. The summed E-state index contributed by atoms with van der Waals surface area (Å²) >= 11 is 1.35. The Balaban J connectivity index is 1.61. The van der Waals surface area contributed by atoms with E-state index in [9.17, 15) is 18.0 Å². The molecule has 0 bridgehead atoms. The number of methoxy groups -OCH3 is 1. The third-order valence-corrected chi connectivity index (χ3v) is 9.92. The van der Waals surface area contributed by atoms with Crippen LogP contribution in [0, 0.1) is 0 Å². The zero-order valence-electron chi connectivity index (χ0n) is 22.3. The number of hydrogen-bond acceptors (Lipinski definition) is 8. The number of carbonyl (C=O) groups excluding carboxylic acids is 2. The van der Waals surface area contributed by atoms with Crippen LogP contribution in [0.4, 0.5) is 5.00 Å². The monoisotopic (exact) mass is 549 g/mol. The zero-order valence-corrected chi connectivity index (χ0v) is 23.9. The number of nitrogens with zero attached hydrogens (tertiary/aromatic N) is 1. The molecule has 3 heterocycles. The second kappa shape index (κ2) is 9.77. The Bertz CT molecular complexity index is 1300. The SMILES string of the molecule is COC(=O)c1c(NC(=O)c2ccc(S(=O)(=O)N3C[C@@H](C)O[C@@H](C)C3)cc2)sc2c1CC(C)(C)NC2(C)C. The molecule has 37 heavy (non-hydrogen) atoms. The summed E-state index contributed by atoms with van der Waals surface area (Å²) in [5.74, 6) is -0.942. The van der Waals surface area contributed by atoms with Crippen molar-refractivity contribution >= 4 is 38.2 Å². The first-order valence-corrected chi connectivity index (χ1v) is 14.5. The normalized spacial score (nSPS) is 23.2. The fraction of sp³-hybridized carbons (Fsp3) is 0.538. The Kier molecular flexibility index (Phi) is 7.32.